The molecule has 3 aromatic rings. The first-order chi connectivity index (χ1) is 15.9. The van der Waals surface area contributed by atoms with Crippen molar-refractivity contribution in [1.29, 1.82) is 5.26 Å². The molecule has 2 aromatic carbocycles. The van der Waals surface area contributed by atoms with Gasteiger partial charge in [-0.2, -0.15) is 5.26 Å². The fourth-order valence-corrected chi connectivity index (χ4v) is 5.03. The molecule has 0 aliphatic rings. The van der Waals surface area contributed by atoms with Crippen LogP contribution in [0.15, 0.2) is 58.5 Å². The summed E-state index contributed by atoms with van der Waals surface area (Å²) in [5.41, 5.74) is 2.53. The molecule has 0 spiro atoms. The van der Waals surface area contributed by atoms with Gasteiger partial charge in [-0.3, -0.25) is 0 Å². The topological polar surface area (TPSA) is 114 Å². The van der Waals surface area contributed by atoms with Gasteiger partial charge in [0.1, 0.15) is 10.9 Å². The summed E-state index contributed by atoms with van der Waals surface area (Å²) in [6, 6.07) is 13.9. The van der Waals surface area contributed by atoms with Gasteiger partial charge in [-0.15, -0.1) is 11.8 Å². The van der Waals surface area contributed by atoms with E-state index in [1.165, 1.54) is 24.0 Å². The highest BCUT2D eigenvalue weighted by Gasteiger charge is 2.23. The van der Waals surface area contributed by atoms with Gasteiger partial charge in [0, 0.05) is 18.5 Å². The summed E-state index contributed by atoms with van der Waals surface area (Å²) in [4.78, 5) is 17.2. The third-order valence-electron chi connectivity index (χ3n) is 4.96. The zero-order valence-electron chi connectivity index (χ0n) is 18.5. The fraction of sp³-hybridized carbons (Fsp3) is 0.261. The van der Waals surface area contributed by atoms with E-state index in [0.717, 1.165) is 11.4 Å². The summed E-state index contributed by atoms with van der Waals surface area (Å²) in [6.07, 6.45) is 4.00. The summed E-state index contributed by atoms with van der Waals surface area (Å²) >= 11 is 1.40. The Morgan fingerprint density at radius 3 is 2.48 bits per heavy atom. The molecule has 0 radical (unpaired) electrons. The third kappa shape index (κ3) is 5.21. The van der Waals surface area contributed by atoms with E-state index in [4.69, 9.17) is 10.00 Å². The number of hydrogen-bond donors (Lipinski definition) is 1. The molecular formula is C23H24N4O4S2. The van der Waals surface area contributed by atoms with Gasteiger partial charge in [0.05, 0.1) is 11.5 Å². The van der Waals surface area contributed by atoms with Crippen molar-refractivity contribution in [3.8, 4) is 17.3 Å². The number of benzene rings is 2. The molecule has 3 rings (SSSR count). The lowest BCUT2D eigenvalue weighted by atomic mass is 10.0. The van der Waals surface area contributed by atoms with Crippen LogP contribution in [0.25, 0.3) is 11.1 Å². The number of nitrogens with zero attached hydrogens (tertiary/aromatic N) is 3. The van der Waals surface area contributed by atoms with Gasteiger partial charge in [-0.25, -0.2) is 22.9 Å². The van der Waals surface area contributed by atoms with Crippen LogP contribution in [0, 0.1) is 11.5 Å². The van der Waals surface area contributed by atoms with Crippen LogP contribution in [-0.4, -0.2) is 36.8 Å². The van der Waals surface area contributed by atoms with Crippen molar-refractivity contribution in [2.24, 2.45) is 0 Å². The Morgan fingerprint density at radius 1 is 1.18 bits per heavy atom. The molecule has 1 N–H and O–H groups in total. The van der Waals surface area contributed by atoms with Crippen molar-refractivity contribution in [3.05, 3.63) is 65.6 Å². The zero-order chi connectivity index (χ0) is 24.0. The maximum atomic E-state index is 12.6. The summed E-state index contributed by atoms with van der Waals surface area (Å²) in [5.74, 6) is 0.375. The summed E-state index contributed by atoms with van der Waals surface area (Å²) < 4.78 is 33.8. The average Bonchev–Trinajstić information content (AvgIpc) is 3.17. The minimum atomic E-state index is -3.95. The van der Waals surface area contributed by atoms with Gasteiger partial charge < -0.3 is 9.30 Å². The highest BCUT2D eigenvalue weighted by Crippen LogP contribution is 2.28. The summed E-state index contributed by atoms with van der Waals surface area (Å²) in [6.45, 7) is 4.44. The van der Waals surface area contributed by atoms with Crippen molar-refractivity contribution in [3.63, 3.8) is 0 Å². The number of carbonyl (C=O) groups excluding carboxylic acids is 1. The quantitative estimate of drug-likeness (QED) is 0.212. The average molecular weight is 485 g/mol. The van der Waals surface area contributed by atoms with E-state index in [0.29, 0.717) is 34.8 Å². The van der Waals surface area contributed by atoms with Crippen molar-refractivity contribution >= 4 is 27.8 Å². The lowest BCUT2D eigenvalue weighted by Gasteiger charge is -2.13. The van der Waals surface area contributed by atoms with Crippen molar-refractivity contribution in [2.45, 2.75) is 36.7 Å². The second-order valence-corrected chi connectivity index (χ2v) is 9.40. The highest BCUT2D eigenvalue weighted by atomic mass is 32.2. The lowest BCUT2D eigenvalue weighted by molar-refractivity contribution is 0.0509. The van der Waals surface area contributed by atoms with E-state index in [1.807, 2.05) is 46.7 Å². The van der Waals surface area contributed by atoms with Gasteiger partial charge in [-0.1, -0.05) is 49.4 Å². The lowest BCUT2D eigenvalue weighted by Crippen LogP contribution is -2.18. The number of sulfonamides is 1. The van der Waals surface area contributed by atoms with Crippen molar-refractivity contribution in [1.82, 2.24) is 14.3 Å². The van der Waals surface area contributed by atoms with E-state index >= 15 is 0 Å². The maximum absolute atomic E-state index is 12.6. The Labute approximate surface area is 197 Å². The Kier molecular flexibility index (Phi) is 7.79. The van der Waals surface area contributed by atoms with Crippen LogP contribution < -0.4 is 4.72 Å². The van der Waals surface area contributed by atoms with Crippen LogP contribution in [0.5, 0.6) is 0 Å². The second-order valence-electron chi connectivity index (χ2n) is 6.96. The molecule has 8 nitrogen and oxygen atoms in total. The monoisotopic (exact) mass is 484 g/mol. The van der Waals surface area contributed by atoms with Crippen LogP contribution in [0.4, 0.5) is 0 Å². The number of aromatic nitrogens is 2. The highest BCUT2D eigenvalue weighted by molar-refractivity contribution is 7.98. The third-order valence-corrected chi connectivity index (χ3v) is 6.92. The zero-order valence-corrected chi connectivity index (χ0v) is 20.2. The summed E-state index contributed by atoms with van der Waals surface area (Å²) in [5, 5.41) is 9.41. The van der Waals surface area contributed by atoms with Gasteiger partial charge in [0.15, 0.2) is 11.9 Å². The molecule has 0 atom stereocenters. The maximum Gasteiger partial charge on any atom is 0.357 e. The first kappa shape index (κ1) is 24.4. The number of rotatable bonds is 9. The van der Waals surface area contributed by atoms with E-state index in [9.17, 15) is 13.2 Å². The second kappa shape index (κ2) is 10.6. The van der Waals surface area contributed by atoms with Crippen LogP contribution in [0.3, 0.4) is 0 Å². The molecule has 10 heteroatoms. The summed E-state index contributed by atoms with van der Waals surface area (Å²) in [7, 11) is -3.95. The number of aryl methyl sites for hydroxylation is 1. The molecule has 0 saturated heterocycles. The van der Waals surface area contributed by atoms with Crippen LogP contribution in [-0.2, 0) is 27.7 Å². The molecule has 0 bridgehead atoms. The van der Waals surface area contributed by atoms with Crippen LogP contribution >= 0.6 is 11.8 Å². The molecule has 1 aromatic heterocycles. The van der Waals surface area contributed by atoms with Crippen molar-refractivity contribution < 1.29 is 17.9 Å². The number of esters is 1. The van der Waals surface area contributed by atoms with Crippen LogP contribution in [0.2, 0.25) is 0 Å². The number of imidazole rings is 1. The Bertz CT molecular complexity index is 1290. The molecule has 0 fully saturated rings. The smallest absolute Gasteiger partial charge is 0.357 e. The SMILES string of the molecule is CCOC(=O)c1c(SC)nc(CC)n1Cc1ccc(-c2ccccc2S(=O)(=O)NC#N)cc1. The molecule has 0 aliphatic heterocycles. The number of nitriles is 1. The standard InChI is InChI=1S/C23H24N4O4S2/c1-4-20-26-22(32-3)21(23(28)31-5-2)27(20)14-16-10-12-17(13-11-16)18-8-6-7-9-19(18)33(29,30)25-15-24/h6-13,25H,4-5,14H2,1-3H3. The fourth-order valence-electron chi connectivity index (χ4n) is 3.48. The molecule has 1 heterocycles. The Balaban J connectivity index is 1.98. The molecule has 0 saturated carbocycles. The predicted octanol–water partition coefficient (Wildman–Crippen LogP) is 3.82. The van der Waals surface area contributed by atoms with Gasteiger partial charge >= 0.3 is 5.97 Å². The van der Waals surface area contributed by atoms with Gasteiger partial charge in [-0.05, 0) is 30.4 Å². The molecule has 172 valence electrons. The molecule has 0 amide bonds. The normalized spacial score (nSPS) is 11.1. The first-order valence-corrected chi connectivity index (χ1v) is 13.0. The largest absolute Gasteiger partial charge is 0.461 e. The molecule has 0 unspecified atom stereocenters. The number of ether oxygens (including phenoxy) is 1. The Morgan fingerprint density at radius 2 is 1.88 bits per heavy atom. The van der Waals surface area contributed by atoms with Crippen LogP contribution in [0.1, 0.15) is 35.7 Å². The van der Waals surface area contributed by atoms with Gasteiger partial charge in [0.2, 0.25) is 0 Å². The Hall–Kier alpha value is -3.29. The molecule has 0 aliphatic carbocycles. The number of nitrogens with one attached hydrogen (secondary N) is 1. The minimum Gasteiger partial charge on any atom is -0.461 e. The predicted molar refractivity (Wildman–Crippen MR) is 126 cm³/mol. The first-order valence-electron chi connectivity index (χ1n) is 10.3. The molecular weight excluding hydrogens is 460 g/mol. The van der Waals surface area contributed by atoms with E-state index in [2.05, 4.69) is 4.98 Å². The van der Waals surface area contributed by atoms with Crippen molar-refractivity contribution in [2.75, 3.05) is 12.9 Å². The molecule has 33 heavy (non-hydrogen) atoms. The van der Waals surface area contributed by atoms with Gasteiger partial charge in [0.25, 0.3) is 10.0 Å². The number of carbonyl (C=O) groups is 1. The van der Waals surface area contributed by atoms with E-state index in [-0.39, 0.29) is 11.5 Å². The minimum absolute atomic E-state index is 0.0244. The van der Waals surface area contributed by atoms with E-state index < -0.39 is 16.0 Å². The van der Waals surface area contributed by atoms with E-state index in [1.54, 1.807) is 25.1 Å². The number of hydrogen-bond acceptors (Lipinski definition) is 7. The number of thioether (sulfide) groups is 1.